The van der Waals surface area contributed by atoms with Crippen molar-refractivity contribution in [1.29, 1.82) is 5.26 Å². The first-order valence-corrected chi connectivity index (χ1v) is 5.17. The molecule has 3 nitrogen and oxygen atoms in total. The number of fused-ring (bicyclic) bond motifs is 1. The Hall–Kier alpha value is -1.30. The van der Waals surface area contributed by atoms with Crippen molar-refractivity contribution in [2.45, 2.75) is 39.2 Å². The first-order chi connectivity index (χ1) is 6.72. The van der Waals surface area contributed by atoms with E-state index in [1.807, 2.05) is 6.20 Å². The average Bonchev–Trinajstić information content (AvgIpc) is 2.59. The zero-order valence-electron chi connectivity index (χ0n) is 8.70. The Morgan fingerprint density at radius 1 is 1.64 bits per heavy atom. The minimum absolute atomic E-state index is 0.201. The summed E-state index contributed by atoms with van der Waals surface area (Å²) in [5.74, 6) is 0.201. The molecule has 3 heteroatoms. The maximum atomic E-state index is 8.86. The second-order valence-electron chi connectivity index (χ2n) is 4.22. The maximum Gasteiger partial charge on any atom is 0.0659 e. The molecule has 0 unspecified atom stereocenters. The SMILES string of the molecule is CC(C)n1ncc2c1CC[C@@H](C#N)C2. The molecule has 0 aromatic carbocycles. The van der Waals surface area contributed by atoms with E-state index < -0.39 is 0 Å². The van der Waals surface area contributed by atoms with Crippen LogP contribution in [0.4, 0.5) is 0 Å². The van der Waals surface area contributed by atoms with E-state index in [0.29, 0.717) is 6.04 Å². The van der Waals surface area contributed by atoms with E-state index in [2.05, 4.69) is 29.7 Å². The van der Waals surface area contributed by atoms with Crippen LogP contribution >= 0.6 is 0 Å². The smallest absolute Gasteiger partial charge is 0.0659 e. The topological polar surface area (TPSA) is 41.6 Å². The number of hydrogen-bond donors (Lipinski definition) is 0. The summed E-state index contributed by atoms with van der Waals surface area (Å²) in [5.41, 5.74) is 2.61. The molecular formula is C11H15N3. The van der Waals surface area contributed by atoms with E-state index in [0.717, 1.165) is 19.3 Å². The molecule has 0 N–H and O–H groups in total. The molecule has 0 aliphatic heterocycles. The molecule has 0 bridgehead atoms. The number of nitriles is 1. The molecule has 1 heterocycles. The molecule has 1 aromatic rings. The monoisotopic (exact) mass is 189 g/mol. The summed E-state index contributed by atoms with van der Waals surface area (Å²) in [4.78, 5) is 0. The van der Waals surface area contributed by atoms with Gasteiger partial charge in [0.15, 0.2) is 0 Å². The van der Waals surface area contributed by atoms with Crippen LogP contribution in [0.3, 0.4) is 0 Å². The van der Waals surface area contributed by atoms with Gasteiger partial charge in [-0.15, -0.1) is 0 Å². The van der Waals surface area contributed by atoms with Crippen LogP contribution in [0.1, 0.15) is 37.6 Å². The molecule has 1 aliphatic carbocycles. The molecule has 1 aliphatic rings. The van der Waals surface area contributed by atoms with Crippen molar-refractivity contribution < 1.29 is 0 Å². The highest BCUT2D eigenvalue weighted by molar-refractivity contribution is 5.23. The van der Waals surface area contributed by atoms with Gasteiger partial charge in [0.1, 0.15) is 0 Å². The van der Waals surface area contributed by atoms with Crippen molar-refractivity contribution in [2.24, 2.45) is 5.92 Å². The molecule has 0 amide bonds. The lowest BCUT2D eigenvalue weighted by atomic mass is 9.89. The van der Waals surface area contributed by atoms with Crippen molar-refractivity contribution >= 4 is 0 Å². The lowest BCUT2D eigenvalue weighted by molar-refractivity contribution is 0.476. The van der Waals surface area contributed by atoms with Crippen LogP contribution in [0.2, 0.25) is 0 Å². The zero-order valence-corrected chi connectivity index (χ0v) is 8.70. The van der Waals surface area contributed by atoms with Crippen LogP contribution in [-0.4, -0.2) is 9.78 Å². The second-order valence-corrected chi connectivity index (χ2v) is 4.22. The van der Waals surface area contributed by atoms with Gasteiger partial charge in [0.2, 0.25) is 0 Å². The quantitative estimate of drug-likeness (QED) is 0.678. The summed E-state index contributed by atoms with van der Waals surface area (Å²) in [6.45, 7) is 4.29. The third kappa shape index (κ3) is 1.41. The molecule has 0 spiro atoms. The Morgan fingerprint density at radius 3 is 3.07 bits per heavy atom. The van der Waals surface area contributed by atoms with E-state index >= 15 is 0 Å². The number of nitrogens with zero attached hydrogens (tertiary/aromatic N) is 3. The van der Waals surface area contributed by atoms with Gasteiger partial charge < -0.3 is 0 Å². The number of aromatic nitrogens is 2. The predicted octanol–water partition coefficient (Wildman–Crippen LogP) is 2.09. The second kappa shape index (κ2) is 3.45. The van der Waals surface area contributed by atoms with E-state index in [4.69, 9.17) is 5.26 Å². The van der Waals surface area contributed by atoms with Crippen molar-refractivity contribution in [2.75, 3.05) is 0 Å². The number of hydrogen-bond acceptors (Lipinski definition) is 2. The molecule has 0 saturated heterocycles. The fourth-order valence-electron chi connectivity index (χ4n) is 2.10. The molecule has 0 fully saturated rings. The van der Waals surface area contributed by atoms with E-state index in [1.165, 1.54) is 11.3 Å². The first-order valence-electron chi connectivity index (χ1n) is 5.17. The summed E-state index contributed by atoms with van der Waals surface area (Å²) < 4.78 is 2.09. The van der Waals surface area contributed by atoms with Gasteiger partial charge in [-0.25, -0.2) is 0 Å². The third-order valence-corrected chi connectivity index (χ3v) is 2.85. The predicted molar refractivity (Wildman–Crippen MR) is 53.7 cm³/mol. The van der Waals surface area contributed by atoms with Gasteiger partial charge in [-0.1, -0.05) is 0 Å². The highest BCUT2D eigenvalue weighted by atomic mass is 15.3. The summed E-state index contributed by atoms with van der Waals surface area (Å²) >= 11 is 0. The molecule has 74 valence electrons. The van der Waals surface area contributed by atoms with Crippen molar-refractivity contribution in [3.8, 4) is 6.07 Å². The van der Waals surface area contributed by atoms with Gasteiger partial charge in [0.05, 0.1) is 18.2 Å². The van der Waals surface area contributed by atoms with Crippen LogP contribution < -0.4 is 0 Å². The Bertz CT molecular complexity index is 370. The van der Waals surface area contributed by atoms with Crippen LogP contribution in [0.15, 0.2) is 6.20 Å². The third-order valence-electron chi connectivity index (χ3n) is 2.85. The number of rotatable bonds is 1. The molecule has 2 rings (SSSR count). The van der Waals surface area contributed by atoms with Gasteiger partial charge >= 0.3 is 0 Å². The van der Waals surface area contributed by atoms with Crippen molar-refractivity contribution in [1.82, 2.24) is 9.78 Å². The molecule has 1 aromatic heterocycles. The average molecular weight is 189 g/mol. The Morgan fingerprint density at radius 2 is 2.43 bits per heavy atom. The summed E-state index contributed by atoms with van der Waals surface area (Å²) in [5, 5.41) is 13.2. The minimum Gasteiger partial charge on any atom is -0.267 e. The highest BCUT2D eigenvalue weighted by Crippen LogP contribution is 2.26. The maximum absolute atomic E-state index is 8.86. The highest BCUT2D eigenvalue weighted by Gasteiger charge is 2.22. The van der Waals surface area contributed by atoms with Gasteiger partial charge in [0.25, 0.3) is 0 Å². The van der Waals surface area contributed by atoms with Gasteiger partial charge in [-0.05, 0) is 38.7 Å². The van der Waals surface area contributed by atoms with Crippen LogP contribution in [0.5, 0.6) is 0 Å². The first kappa shape index (κ1) is 9.26. The standard InChI is InChI=1S/C11H15N3/c1-8(2)14-11-4-3-9(6-12)5-10(11)7-13-14/h7-9H,3-5H2,1-2H3/t9-/m1/s1. The fourth-order valence-corrected chi connectivity index (χ4v) is 2.10. The Labute approximate surface area is 84.3 Å². The van der Waals surface area contributed by atoms with Crippen LogP contribution in [0.25, 0.3) is 0 Å². The lowest BCUT2D eigenvalue weighted by Crippen LogP contribution is -2.16. The molecule has 1 atom stereocenters. The molecular weight excluding hydrogens is 174 g/mol. The van der Waals surface area contributed by atoms with Gasteiger partial charge in [-0.2, -0.15) is 10.4 Å². The summed E-state index contributed by atoms with van der Waals surface area (Å²) in [6, 6.07) is 2.77. The Kier molecular flexibility index (Phi) is 2.28. The molecule has 0 radical (unpaired) electrons. The Balaban J connectivity index is 2.30. The minimum atomic E-state index is 0.201. The summed E-state index contributed by atoms with van der Waals surface area (Å²) in [7, 11) is 0. The molecule has 0 saturated carbocycles. The van der Waals surface area contributed by atoms with Gasteiger partial charge in [-0.3, -0.25) is 4.68 Å². The normalized spacial score (nSPS) is 20.6. The van der Waals surface area contributed by atoms with E-state index in [-0.39, 0.29) is 5.92 Å². The largest absolute Gasteiger partial charge is 0.267 e. The van der Waals surface area contributed by atoms with Gasteiger partial charge in [0, 0.05) is 11.7 Å². The van der Waals surface area contributed by atoms with Crippen LogP contribution in [-0.2, 0) is 12.8 Å². The fraction of sp³-hybridized carbons (Fsp3) is 0.636. The molecule has 14 heavy (non-hydrogen) atoms. The van der Waals surface area contributed by atoms with Crippen LogP contribution in [0, 0.1) is 17.2 Å². The lowest BCUT2D eigenvalue weighted by Gasteiger charge is -2.19. The van der Waals surface area contributed by atoms with Crippen molar-refractivity contribution in [3.63, 3.8) is 0 Å². The van der Waals surface area contributed by atoms with Crippen molar-refractivity contribution in [3.05, 3.63) is 17.5 Å². The van der Waals surface area contributed by atoms with E-state index in [9.17, 15) is 0 Å². The van der Waals surface area contributed by atoms with E-state index in [1.54, 1.807) is 0 Å². The summed E-state index contributed by atoms with van der Waals surface area (Å²) in [6.07, 6.45) is 4.81. The zero-order chi connectivity index (χ0) is 10.1.